The third kappa shape index (κ3) is 5.28. The molecule has 2 aromatic carbocycles. The van der Waals surface area contributed by atoms with Gasteiger partial charge in [-0.25, -0.2) is 22.3 Å². The molecule has 0 atom stereocenters. The Labute approximate surface area is 165 Å². The molecule has 2 N–H and O–H groups in total. The number of hydrogen-bond donors (Lipinski definition) is 2. The van der Waals surface area contributed by atoms with E-state index in [4.69, 9.17) is 16.3 Å². The first-order valence-electron chi connectivity index (χ1n) is 8.29. The van der Waals surface area contributed by atoms with E-state index in [-0.39, 0.29) is 27.2 Å². The molecule has 1 aliphatic rings. The van der Waals surface area contributed by atoms with Gasteiger partial charge >= 0.3 is 5.97 Å². The Hall–Kier alpha value is -2.49. The van der Waals surface area contributed by atoms with Crippen LogP contribution >= 0.6 is 11.6 Å². The summed E-state index contributed by atoms with van der Waals surface area (Å²) >= 11 is 5.73. The van der Waals surface area contributed by atoms with E-state index in [1.165, 1.54) is 36.4 Å². The topological polar surface area (TPSA) is 102 Å². The molecule has 3 rings (SSSR count). The van der Waals surface area contributed by atoms with Gasteiger partial charge in [0.05, 0.1) is 16.1 Å². The summed E-state index contributed by atoms with van der Waals surface area (Å²) in [6.07, 6.45) is 1.62. The first-order chi connectivity index (χ1) is 13.2. The highest BCUT2D eigenvalue weighted by Crippen LogP contribution is 2.22. The van der Waals surface area contributed by atoms with Gasteiger partial charge in [0.2, 0.25) is 10.0 Å². The van der Waals surface area contributed by atoms with Crippen LogP contribution in [-0.2, 0) is 19.6 Å². The minimum Gasteiger partial charge on any atom is -0.452 e. The first-order valence-corrected chi connectivity index (χ1v) is 10.1. The summed E-state index contributed by atoms with van der Waals surface area (Å²) in [7, 11) is -3.62. The monoisotopic (exact) mass is 426 g/mol. The fourth-order valence-corrected chi connectivity index (χ4v) is 3.73. The highest BCUT2D eigenvalue weighted by Gasteiger charge is 2.28. The number of halogens is 2. The molecule has 1 aliphatic carbocycles. The molecule has 0 heterocycles. The molecule has 0 aliphatic heterocycles. The number of anilines is 1. The molecular weight excluding hydrogens is 411 g/mol. The lowest BCUT2D eigenvalue weighted by Gasteiger charge is -2.09. The molecule has 0 radical (unpaired) electrons. The highest BCUT2D eigenvalue weighted by molar-refractivity contribution is 7.89. The van der Waals surface area contributed by atoms with E-state index >= 15 is 0 Å². The van der Waals surface area contributed by atoms with Crippen LogP contribution in [0.4, 0.5) is 10.1 Å². The van der Waals surface area contributed by atoms with Crippen molar-refractivity contribution in [3.05, 3.63) is 58.9 Å². The van der Waals surface area contributed by atoms with Crippen LogP contribution in [0.1, 0.15) is 23.2 Å². The predicted octanol–water partition coefficient (Wildman–Crippen LogP) is 2.72. The number of rotatable bonds is 7. The van der Waals surface area contributed by atoms with Gasteiger partial charge in [0, 0.05) is 11.1 Å². The summed E-state index contributed by atoms with van der Waals surface area (Å²) in [6.45, 7) is -0.645. The molecule has 0 aromatic heterocycles. The van der Waals surface area contributed by atoms with Crippen LogP contribution in [0.5, 0.6) is 0 Å². The van der Waals surface area contributed by atoms with Crippen molar-refractivity contribution in [1.82, 2.24) is 4.72 Å². The van der Waals surface area contributed by atoms with Crippen LogP contribution in [-0.4, -0.2) is 32.9 Å². The molecule has 2 aromatic rings. The van der Waals surface area contributed by atoms with Gasteiger partial charge in [-0.1, -0.05) is 11.6 Å². The van der Waals surface area contributed by atoms with Crippen LogP contribution in [0.2, 0.25) is 5.02 Å². The lowest BCUT2D eigenvalue weighted by Crippen LogP contribution is -2.25. The number of carbonyl (C=O) groups excluding carboxylic acids is 2. The summed E-state index contributed by atoms with van der Waals surface area (Å²) in [4.78, 5) is 23.9. The molecule has 10 heteroatoms. The van der Waals surface area contributed by atoms with Crippen LogP contribution in [0.15, 0.2) is 47.4 Å². The fourth-order valence-electron chi connectivity index (χ4n) is 2.25. The maximum Gasteiger partial charge on any atom is 0.338 e. The van der Waals surface area contributed by atoms with Crippen molar-refractivity contribution >= 4 is 39.2 Å². The summed E-state index contributed by atoms with van der Waals surface area (Å²) in [5.41, 5.74) is -0.0571. The quantitative estimate of drug-likeness (QED) is 0.663. The Morgan fingerprint density at radius 1 is 1.14 bits per heavy atom. The van der Waals surface area contributed by atoms with Crippen molar-refractivity contribution in [2.75, 3.05) is 11.9 Å². The third-order valence-electron chi connectivity index (χ3n) is 3.84. The van der Waals surface area contributed by atoms with Crippen LogP contribution in [0, 0.1) is 5.82 Å². The Morgan fingerprint density at radius 3 is 2.46 bits per heavy atom. The van der Waals surface area contributed by atoms with Crippen molar-refractivity contribution < 1.29 is 27.1 Å². The van der Waals surface area contributed by atoms with Crippen molar-refractivity contribution in [2.24, 2.45) is 0 Å². The third-order valence-corrected chi connectivity index (χ3v) is 5.61. The van der Waals surface area contributed by atoms with Gasteiger partial charge in [-0.05, 0) is 55.3 Å². The molecule has 148 valence electrons. The van der Waals surface area contributed by atoms with Gasteiger partial charge in [0.15, 0.2) is 6.61 Å². The zero-order chi connectivity index (χ0) is 20.3. The molecule has 0 bridgehead atoms. The molecule has 1 fully saturated rings. The van der Waals surface area contributed by atoms with E-state index in [1.807, 2.05) is 0 Å². The van der Waals surface area contributed by atoms with E-state index < -0.39 is 34.3 Å². The Morgan fingerprint density at radius 2 is 1.82 bits per heavy atom. The van der Waals surface area contributed by atoms with Crippen molar-refractivity contribution in [3.63, 3.8) is 0 Å². The summed E-state index contributed by atoms with van der Waals surface area (Å²) in [5, 5.41) is 2.48. The fraction of sp³-hybridized carbons (Fsp3) is 0.222. The SMILES string of the molecule is O=C(COC(=O)c1ccc(S(=O)(=O)NC2CC2)cc1)Nc1cc(Cl)ccc1F. The van der Waals surface area contributed by atoms with E-state index in [0.29, 0.717) is 0 Å². The number of sulfonamides is 1. The van der Waals surface area contributed by atoms with Gasteiger partial charge < -0.3 is 10.1 Å². The molecule has 0 unspecified atom stereocenters. The molecule has 0 saturated heterocycles. The van der Waals surface area contributed by atoms with Gasteiger partial charge in [0.1, 0.15) is 5.82 Å². The van der Waals surface area contributed by atoms with E-state index in [9.17, 15) is 22.4 Å². The second-order valence-electron chi connectivity index (χ2n) is 6.17. The molecule has 0 spiro atoms. The molecule has 1 amide bonds. The number of esters is 1. The minimum atomic E-state index is -3.62. The van der Waals surface area contributed by atoms with E-state index in [1.54, 1.807) is 0 Å². The minimum absolute atomic E-state index is 0.0301. The number of nitrogens with one attached hydrogen (secondary N) is 2. The second-order valence-corrected chi connectivity index (χ2v) is 8.32. The zero-order valence-electron chi connectivity index (χ0n) is 14.4. The largest absolute Gasteiger partial charge is 0.452 e. The van der Waals surface area contributed by atoms with Gasteiger partial charge in [-0.15, -0.1) is 0 Å². The van der Waals surface area contributed by atoms with E-state index in [2.05, 4.69) is 10.0 Å². The zero-order valence-corrected chi connectivity index (χ0v) is 16.0. The van der Waals surface area contributed by atoms with Gasteiger partial charge in [-0.3, -0.25) is 4.79 Å². The lowest BCUT2D eigenvalue weighted by molar-refractivity contribution is -0.119. The van der Waals surface area contributed by atoms with Crippen LogP contribution in [0.3, 0.4) is 0 Å². The van der Waals surface area contributed by atoms with Crippen molar-refractivity contribution in [2.45, 2.75) is 23.8 Å². The number of hydrogen-bond acceptors (Lipinski definition) is 5. The number of amides is 1. The number of carbonyl (C=O) groups is 2. The number of benzene rings is 2. The Kier molecular flexibility index (Phi) is 5.97. The van der Waals surface area contributed by atoms with E-state index in [0.717, 1.165) is 18.9 Å². The normalized spacial score (nSPS) is 13.8. The standard InChI is InChI=1S/C18H16ClFN2O5S/c19-12-3-8-15(20)16(9-12)21-17(23)10-27-18(24)11-1-6-14(7-2-11)28(25,26)22-13-4-5-13/h1-3,6-9,13,22H,4-5,10H2,(H,21,23). The smallest absolute Gasteiger partial charge is 0.338 e. The molecule has 28 heavy (non-hydrogen) atoms. The number of ether oxygens (including phenoxy) is 1. The average Bonchev–Trinajstić information content (AvgIpc) is 3.46. The average molecular weight is 427 g/mol. The predicted molar refractivity (Wildman–Crippen MR) is 100 cm³/mol. The Bertz CT molecular complexity index is 1010. The highest BCUT2D eigenvalue weighted by atomic mass is 35.5. The molecular formula is C18H16ClFN2O5S. The molecule has 7 nitrogen and oxygen atoms in total. The summed E-state index contributed by atoms with van der Waals surface area (Å²) < 4.78 is 45.1. The first kappa shape index (κ1) is 20.2. The molecule has 1 saturated carbocycles. The van der Waals surface area contributed by atoms with Crippen molar-refractivity contribution in [3.8, 4) is 0 Å². The maximum absolute atomic E-state index is 13.6. The van der Waals surface area contributed by atoms with Gasteiger partial charge in [0.25, 0.3) is 5.91 Å². The Balaban J connectivity index is 1.55. The van der Waals surface area contributed by atoms with Crippen LogP contribution in [0.25, 0.3) is 0 Å². The van der Waals surface area contributed by atoms with Crippen LogP contribution < -0.4 is 10.0 Å². The van der Waals surface area contributed by atoms with Crippen molar-refractivity contribution in [1.29, 1.82) is 0 Å². The lowest BCUT2D eigenvalue weighted by atomic mass is 10.2. The summed E-state index contributed by atoms with van der Waals surface area (Å²) in [6, 6.07) is 8.76. The van der Waals surface area contributed by atoms with Gasteiger partial charge in [-0.2, -0.15) is 0 Å². The summed E-state index contributed by atoms with van der Waals surface area (Å²) in [5.74, 6) is -2.25. The second kappa shape index (κ2) is 8.26. The maximum atomic E-state index is 13.6.